The normalized spacial score (nSPS) is 11.0. The van der Waals surface area contributed by atoms with E-state index in [0.29, 0.717) is 0 Å². The summed E-state index contributed by atoms with van der Waals surface area (Å²) in [4.78, 5) is 23.9. The minimum atomic E-state index is -3.80. The van der Waals surface area contributed by atoms with Crippen LogP contribution < -0.4 is 4.72 Å². The molecule has 0 radical (unpaired) electrons. The second kappa shape index (κ2) is 8.50. The van der Waals surface area contributed by atoms with E-state index in [1.54, 1.807) is 0 Å². The molecule has 0 fully saturated rings. The van der Waals surface area contributed by atoms with Crippen molar-refractivity contribution >= 4 is 21.8 Å². The number of hydrogen-bond acceptors (Lipinski definition) is 5. The molecule has 0 saturated heterocycles. The Balaban J connectivity index is 2.07. The molecule has 0 saturated carbocycles. The molecule has 136 valence electrons. The number of carbonyl (C=O) groups is 2. The monoisotopic (exact) mass is 377 g/mol. The number of halogens is 1. The quantitative estimate of drug-likeness (QED) is 0.433. The number of Topliss-reactive ketones (excluding diaryl/α,β-unsaturated/α-hetero) is 1. The zero-order valence-corrected chi connectivity index (χ0v) is 14.5. The summed E-state index contributed by atoms with van der Waals surface area (Å²) in [5, 5.41) is 0. The van der Waals surface area contributed by atoms with Gasteiger partial charge in [0.1, 0.15) is 5.82 Å². The minimum absolute atomic E-state index is 0.0291. The van der Waals surface area contributed by atoms with E-state index in [0.717, 1.165) is 12.1 Å². The summed E-state index contributed by atoms with van der Waals surface area (Å²) >= 11 is 0. The van der Waals surface area contributed by atoms with Gasteiger partial charge < -0.3 is 4.74 Å². The number of nitrogens with one attached hydrogen (secondary N) is 1. The summed E-state index contributed by atoms with van der Waals surface area (Å²) in [6.07, 6.45) is 1.38. The summed E-state index contributed by atoms with van der Waals surface area (Å²) in [6.45, 7) is 2.87. The van der Waals surface area contributed by atoms with Crippen LogP contribution in [0.2, 0.25) is 0 Å². The van der Waals surface area contributed by atoms with Crippen molar-refractivity contribution in [3.8, 4) is 0 Å². The number of ketones is 1. The van der Waals surface area contributed by atoms with Gasteiger partial charge in [-0.05, 0) is 30.3 Å². The van der Waals surface area contributed by atoms with Crippen molar-refractivity contribution in [2.24, 2.45) is 0 Å². The maximum Gasteiger partial charge on any atom is 0.338 e. The first kappa shape index (κ1) is 19.5. The lowest BCUT2D eigenvalue weighted by atomic mass is 10.1. The van der Waals surface area contributed by atoms with Crippen LogP contribution in [0.3, 0.4) is 0 Å². The first-order valence-corrected chi connectivity index (χ1v) is 8.98. The number of hydrogen-bond donors (Lipinski definition) is 1. The zero-order chi connectivity index (χ0) is 19.2. The SMILES string of the molecule is C=CCNS(=O)(=O)c1cccc(C(=O)OCC(=O)c2cccc(F)c2)c1. The van der Waals surface area contributed by atoms with Gasteiger partial charge in [0.2, 0.25) is 10.0 Å². The summed E-state index contributed by atoms with van der Waals surface area (Å²) < 4.78 is 44.4. The van der Waals surface area contributed by atoms with Gasteiger partial charge in [-0.3, -0.25) is 4.79 Å². The Morgan fingerprint density at radius 3 is 2.50 bits per heavy atom. The second-order valence-electron chi connectivity index (χ2n) is 5.18. The molecular weight excluding hydrogens is 361 g/mol. The van der Waals surface area contributed by atoms with Crippen molar-refractivity contribution < 1.29 is 27.1 Å². The summed E-state index contributed by atoms with van der Waals surface area (Å²) in [7, 11) is -3.80. The number of ether oxygens (including phenoxy) is 1. The van der Waals surface area contributed by atoms with Crippen LogP contribution >= 0.6 is 0 Å². The van der Waals surface area contributed by atoms with E-state index in [9.17, 15) is 22.4 Å². The smallest absolute Gasteiger partial charge is 0.338 e. The van der Waals surface area contributed by atoms with Gasteiger partial charge in [-0.1, -0.05) is 24.3 Å². The van der Waals surface area contributed by atoms with Crippen LogP contribution in [0.5, 0.6) is 0 Å². The molecule has 1 N–H and O–H groups in total. The molecule has 6 nitrogen and oxygen atoms in total. The van der Waals surface area contributed by atoms with Gasteiger partial charge in [0.05, 0.1) is 10.5 Å². The molecule has 0 unspecified atom stereocenters. The van der Waals surface area contributed by atoms with E-state index in [1.807, 2.05) is 0 Å². The van der Waals surface area contributed by atoms with Gasteiger partial charge in [0.25, 0.3) is 0 Å². The lowest BCUT2D eigenvalue weighted by Gasteiger charge is -2.08. The topological polar surface area (TPSA) is 89.5 Å². The van der Waals surface area contributed by atoms with Crippen LogP contribution in [0.15, 0.2) is 66.1 Å². The first-order chi connectivity index (χ1) is 12.3. The Hall–Kier alpha value is -2.84. The minimum Gasteiger partial charge on any atom is -0.454 e. The molecule has 0 heterocycles. The van der Waals surface area contributed by atoms with E-state index < -0.39 is 34.2 Å². The molecule has 8 heteroatoms. The molecule has 2 aromatic carbocycles. The highest BCUT2D eigenvalue weighted by Crippen LogP contribution is 2.13. The van der Waals surface area contributed by atoms with Crippen LogP contribution in [-0.4, -0.2) is 33.3 Å². The molecule has 0 bridgehead atoms. The highest BCUT2D eigenvalue weighted by molar-refractivity contribution is 7.89. The van der Waals surface area contributed by atoms with Gasteiger partial charge >= 0.3 is 5.97 Å². The number of benzene rings is 2. The van der Waals surface area contributed by atoms with Gasteiger partial charge in [0, 0.05) is 12.1 Å². The van der Waals surface area contributed by atoms with Crippen molar-refractivity contribution in [2.75, 3.05) is 13.2 Å². The Kier molecular flexibility index (Phi) is 6.37. The van der Waals surface area contributed by atoms with E-state index >= 15 is 0 Å². The molecule has 2 aromatic rings. The maximum atomic E-state index is 13.1. The van der Waals surface area contributed by atoms with Crippen LogP contribution in [0.25, 0.3) is 0 Å². The molecule has 26 heavy (non-hydrogen) atoms. The third kappa shape index (κ3) is 5.08. The Morgan fingerprint density at radius 1 is 1.12 bits per heavy atom. The number of sulfonamides is 1. The van der Waals surface area contributed by atoms with Crippen LogP contribution in [0, 0.1) is 5.82 Å². The molecule has 0 aliphatic rings. The predicted octanol–water partition coefficient (Wildman–Crippen LogP) is 2.33. The third-order valence-electron chi connectivity index (χ3n) is 3.28. The largest absolute Gasteiger partial charge is 0.454 e. The third-order valence-corrected chi connectivity index (χ3v) is 4.70. The molecule has 0 aromatic heterocycles. The standard InChI is InChI=1S/C18H16FNO5S/c1-2-9-20-26(23,24)16-8-4-6-14(11-16)18(22)25-12-17(21)13-5-3-7-15(19)10-13/h2-8,10-11,20H,1,9,12H2. The molecule has 0 aliphatic heterocycles. The fraction of sp³-hybridized carbons (Fsp3) is 0.111. The number of carbonyl (C=O) groups excluding carboxylic acids is 2. The fourth-order valence-corrected chi connectivity index (χ4v) is 3.05. The number of rotatable bonds is 8. The predicted molar refractivity (Wildman–Crippen MR) is 92.8 cm³/mol. The van der Waals surface area contributed by atoms with Gasteiger partial charge in [-0.25, -0.2) is 22.3 Å². The van der Waals surface area contributed by atoms with Crippen molar-refractivity contribution in [1.82, 2.24) is 4.72 Å². The second-order valence-corrected chi connectivity index (χ2v) is 6.95. The van der Waals surface area contributed by atoms with Gasteiger partial charge in [-0.15, -0.1) is 6.58 Å². The molecule has 0 amide bonds. The Labute approximate surface area is 150 Å². The molecular formula is C18H16FNO5S. The van der Waals surface area contributed by atoms with Crippen LogP contribution in [-0.2, 0) is 14.8 Å². The van der Waals surface area contributed by atoms with E-state index in [4.69, 9.17) is 4.74 Å². The average molecular weight is 377 g/mol. The number of esters is 1. The van der Waals surface area contributed by atoms with Gasteiger partial charge in [0.15, 0.2) is 12.4 Å². The van der Waals surface area contributed by atoms with Crippen LogP contribution in [0.1, 0.15) is 20.7 Å². The summed E-state index contributed by atoms with van der Waals surface area (Å²) in [5.74, 6) is -2.02. The fourth-order valence-electron chi connectivity index (χ4n) is 2.00. The van der Waals surface area contributed by atoms with Crippen molar-refractivity contribution in [3.63, 3.8) is 0 Å². The molecule has 0 spiro atoms. The zero-order valence-electron chi connectivity index (χ0n) is 13.6. The molecule has 2 rings (SSSR count). The first-order valence-electron chi connectivity index (χ1n) is 7.50. The highest BCUT2D eigenvalue weighted by atomic mass is 32.2. The van der Waals surface area contributed by atoms with Crippen molar-refractivity contribution in [2.45, 2.75) is 4.90 Å². The van der Waals surface area contributed by atoms with Crippen molar-refractivity contribution in [1.29, 1.82) is 0 Å². The molecule has 0 atom stereocenters. The Morgan fingerprint density at radius 2 is 1.81 bits per heavy atom. The van der Waals surface area contributed by atoms with Crippen LogP contribution in [0.4, 0.5) is 4.39 Å². The lowest BCUT2D eigenvalue weighted by molar-refractivity contribution is 0.0474. The van der Waals surface area contributed by atoms with E-state index in [-0.39, 0.29) is 22.6 Å². The summed E-state index contributed by atoms with van der Waals surface area (Å²) in [6, 6.07) is 10.2. The molecule has 0 aliphatic carbocycles. The highest BCUT2D eigenvalue weighted by Gasteiger charge is 2.17. The van der Waals surface area contributed by atoms with Gasteiger partial charge in [-0.2, -0.15) is 0 Å². The lowest BCUT2D eigenvalue weighted by Crippen LogP contribution is -2.24. The Bertz CT molecular complexity index is 940. The average Bonchev–Trinajstić information content (AvgIpc) is 2.64. The van der Waals surface area contributed by atoms with E-state index in [2.05, 4.69) is 11.3 Å². The summed E-state index contributed by atoms with van der Waals surface area (Å²) in [5.41, 5.74) is 0.0428. The van der Waals surface area contributed by atoms with Crippen molar-refractivity contribution in [3.05, 3.63) is 78.1 Å². The van der Waals surface area contributed by atoms with E-state index in [1.165, 1.54) is 42.5 Å². The maximum absolute atomic E-state index is 13.1.